The zero-order valence-corrected chi connectivity index (χ0v) is 13.7. The summed E-state index contributed by atoms with van der Waals surface area (Å²) in [7, 11) is 0. The smallest absolute Gasteiger partial charge is 0.270 e. The zero-order valence-electron chi connectivity index (χ0n) is 11.5. The number of imide groups is 1. The van der Waals surface area contributed by atoms with Gasteiger partial charge in [-0.15, -0.1) is 0 Å². The minimum Gasteiger partial charge on any atom is -0.278 e. The van der Waals surface area contributed by atoms with Gasteiger partial charge < -0.3 is 0 Å². The minimum absolute atomic E-state index is 0.143. The third kappa shape index (κ3) is 3.39. The normalized spacial score (nSPS) is 18.1. The van der Waals surface area contributed by atoms with Crippen LogP contribution in [0.4, 0.5) is 5.69 Å². The number of carbonyl (C=O) groups excluding carboxylic acids is 2. The lowest BCUT2D eigenvalue weighted by atomic mass is 10.0. The molecule has 112 valence electrons. The van der Waals surface area contributed by atoms with Gasteiger partial charge in [-0.3, -0.25) is 24.6 Å². The monoisotopic (exact) mass is 402 g/mol. The van der Waals surface area contributed by atoms with E-state index in [0.29, 0.717) is 16.5 Å². The van der Waals surface area contributed by atoms with Gasteiger partial charge in [-0.25, -0.2) is 0 Å². The molecule has 2 rings (SSSR count). The average Bonchev–Trinajstić information content (AvgIpc) is 2.79. The van der Waals surface area contributed by atoms with Gasteiger partial charge in [0.05, 0.1) is 10.5 Å². The molecular formula is C14H15IN2O4. The Balaban J connectivity index is 2.26. The molecule has 0 radical (unpaired) electrons. The van der Waals surface area contributed by atoms with E-state index < -0.39 is 10.8 Å². The standard InChI is InChI=1S/C14H15IN2O4/c1-2-3-9-6-13(18)16(8-9)14(19)11-7-10(17(20)21)4-5-12(11)15/h4-5,7,9H,2-3,6,8H2,1H3. The summed E-state index contributed by atoms with van der Waals surface area (Å²) >= 11 is 1.95. The van der Waals surface area contributed by atoms with Crippen molar-refractivity contribution >= 4 is 40.1 Å². The van der Waals surface area contributed by atoms with Crippen molar-refractivity contribution < 1.29 is 14.5 Å². The third-order valence-corrected chi connectivity index (χ3v) is 4.48. The molecule has 2 amide bonds. The van der Waals surface area contributed by atoms with Crippen molar-refractivity contribution in [3.63, 3.8) is 0 Å². The molecule has 1 aromatic carbocycles. The van der Waals surface area contributed by atoms with Crippen LogP contribution >= 0.6 is 22.6 Å². The second-order valence-corrected chi connectivity index (χ2v) is 6.25. The number of nitro benzene ring substituents is 1. The van der Waals surface area contributed by atoms with Crippen LogP contribution in [0.1, 0.15) is 36.5 Å². The van der Waals surface area contributed by atoms with Gasteiger partial charge in [0, 0.05) is 28.7 Å². The lowest BCUT2D eigenvalue weighted by molar-refractivity contribution is -0.384. The number of hydrogen-bond donors (Lipinski definition) is 0. The first-order chi connectivity index (χ1) is 9.93. The van der Waals surface area contributed by atoms with Gasteiger partial charge in [0.2, 0.25) is 5.91 Å². The lowest BCUT2D eigenvalue weighted by Gasteiger charge is -2.15. The highest BCUT2D eigenvalue weighted by atomic mass is 127. The first-order valence-electron chi connectivity index (χ1n) is 6.72. The summed E-state index contributed by atoms with van der Waals surface area (Å²) in [6.45, 7) is 2.45. The van der Waals surface area contributed by atoms with E-state index in [-0.39, 0.29) is 23.1 Å². The van der Waals surface area contributed by atoms with Crippen molar-refractivity contribution in [1.82, 2.24) is 4.90 Å². The van der Waals surface area contributed by atoms with Gasteiger partial charge in [-0.1, -0.05) is 13.3 Å². The Labute approximate surface area is 135 Å². The van der Waals surface area contributed by atoms with Crippen LogP contribution in [0.25, 0.3) is 0 Å². The highest BCUT2D eigenvalue weighted by Gasteiger charge is 2.34. The average molecular weight is 402 g/mol. The summed E-state index contributed by atoms with van der Waals surface area (Å²) in [6.07, 6.45) is 2.25. The number of amides is 2. The van der Waals surface area contributed by atoms with Crippen LogP contribution in [0.15, 0.2) is 18.2 Å². The quantitative estimate of drug-likeness (QED) is 0.336. The Morgan fingerprint density at radius 3 is 2.86 bits per heavy atom. The Bertz CT molecular complexity index is 603. The van der Waals surface area contributed by atoms with Crippen molar-refractivity contribution in [2.75, 3.05) is 6.54 Å². The van der Waals surface area contributed by atoms with Crippen LogP contribution in [0.3, 0.4) is 0 Å². The zero-order chi connectivity index (χ0) is 15.6. The molecule has 1 aliphatic heterocycles. The predicted molar refractivity (Wildman–Crippen MR) is 84.9 cm³/mol. The summed E-state index contributed by atoms with van der Waals surface area (Å²) in [5.74, 6) is -0.435. The molecule has 0 saturated carbocycles. The fourth-order valence-corrected chi connectivity index (χ4v) is 3.08. The van der Waals surface area contributed by atoms with E-state index in [1.807, 2.05) is 29.5 Å². The number of halogens is 1. The van der Waals surface area contributed by atoms with Gasteiger partial charge in [-0.05, 0) is 41.0 Å². The van der Waals surface area contributed by atoms with Crippen molar-refractivity contribution in [3.8, 4) is 0 Å². The molecular weight excluding hydrogens is 387 g/mol. The van der Waals surface area contributed by atoms with Crippen LogP contribution in [-0.2, 0) is 4.79 Å². The number of likely N-dealkylation sites (tertiary alicyclic amines) is 1. The molecule has 21 heavy (non-hydrogen) atoms. The molecule has 6 nitrogen and oxygen atoms in total. The Kier molecular flexibility index (Phi) is 4.92. The number of carbonyl (C=O) groups is 2. The fraction of sp³-hybridized carbons (Fsp3) is 0.429. The van der Waals surface area contributed by atoms with E-state index in [1.165, 1.54) is 23.1 Å². The van der Waals surface area contributed by atoms with E-state index in [9.17, 15) is 19.7 Å². The van der Waals surface area contributed by atoms with Crippen molar-refractivity contribution in [2.24, 2.45) is 5.92 Å². The maximum atomic E-state index is 12.5. The Morgan fingerprint density at radius 2 is 2.24 bits per heavy atom. The molecule has 1 atom stereocenters. The SMILES string of the molecule is CCCC1CC(=O)N(C(=O)c2cc([N+](=O)[O-])ccc2I)C1. The van der Waals surface area contributed by atoms with E-state index in [4.69, 9.17) is 0 Å². The van der Waals surface area contributed by atoms with Crippen LogP contribution in [0.2, 0.25) is 0 Å². The number of hydrogen-bond acceptors (Lipinski definition) is 4. The molecule has 1 unspecified atom stereocenters. The maximum absolute atomic E-state index is 12.5. The first kappa shape index (κ1) is 15.9. The molecule has 1 saturated heterocycles. The predicted octanol–water partition coefficient (Wildman–Crippen LogP) is 2.99. The highest BCUT2D eigenvalue weighted by Crippen LogP contribution is 2.26. The van der Waals surface area contributed by atoms with Gasteiger partial charge in [-0.2, -0.15) is 0 Å². The van der Waals surface area contributed by atoms with Crippen LogP contribution in [0, 0.1) is 19.6 Å². The van der Waals surface area contributed by atoms with Crippen LogP contribution in [-0.4, -0.2) is 28.2 Å². The van der Waals surface area contributed by atoms with Crippen LogP contribution < -0.4 is 0 Å². The largest absolute Gasteiger partial charge is 0.278 e. The number of benzene rings is 1. The van der Waals surface area contributed by atoms with Crippen molar-refractivity contribution in [3.05, 3.63) is 37.4 Å². The van der Waals surface area contributed by atoms with Crippen LogP contribution in [0.5, 0.6) is 0 Å². The molecule has 7 heteroatoms. The summed E-state index contributed by atoms with van der Waals surface area (Å²) in [5.41, 5.74) is 0.0748. The second-order valence-electron chi connectivity index (χ2n) is 5.09. The number of rotatable bonds is 4. The fourth-order valence-electron chi connectivity index (χ4n) is 2.52. The lowest BCUT2D eigenvalue weighted by Crippen LogP contribution is -2.33. The maximum Gasteiger partial charge on any atom is 0.270 e. The highest BCUT2D eigenvalue weighted by molar-refractivity contribution is 14.1. The molecule has 1 aliphatic rings. The molecule has 1 aromatic rings. The van der Waals surface area contributed by atoms with Gasteiger partial charge >= 0.3 is 0 Å². The molecule has 0 aromatic heterocycles. The van der Waals surface area contributed by atoms with E-state index in [1.54, 1.807) is 0 Å². The minimum atomic E-state index is -0.543. The van der Waals surface area contributed by atoms with E-state index >= 15 is 0 Å². The summed E-state index contributed by atoms with van der Waals surface area (Å²) in [5, 5.41) is 10.8. The molecule has 1 fully saturated rings. The molecule has 0 aliphatic carbocycles. The molecule has 0 N–H and O–H groups in total. The number of nitro groups is 1. The number of non-ortho nitro benzene ring substituents is 1. The topological polar surface area (TPSA) is 80.5 Å². The molecule has 0 bridgehead atoms. The van der Waals surface area contributed by atoms with Gasteiger partial charge in [0.1, 0.15) is 0 Å². The first-order valence-corrected chi connectivity index (χ1v) is 7.80. The van der Waals surface area contributed by atoms with E-state index in [0.717, 1.165) is 12.8 Å². The summed E-state index contributed by atoms with van der Waals surface area (Å²) in [6, 6.07) is 4.12. The summed E-state index contributed by atoms with van der Waals surface area (Å²) < 4.78 is 0.606. The van der Waals surface area contributed by atoms with Gasteiger partial charge in [0.15, 0.2) is 0 Å². The van der Waals surface area contributed by atoms with E-state index in [2.05, 4.69) is 0 Å². The molecule has 0 spiro atoms. The van der Waals surface area contributed by atoms with Crippen molar-refractivity contribution in [1.29, 1.82) is 0 Å². The number of nitrogens with zero attached hydrogens (tertiary/aromatic N) is 2. The third-order valence-electron chi connectivity index (χ3n) is 3.54. The second kappa shape index (κ2) is 6.50. The molecule has 1 heterocycles. The van der Waals surface area contributed by atoms with Crippen molar-refractivity contribution in [2.45, 2.75) is 26.2 Å². The Morgan fingerprint density at radius 1 is 1.52 bits per heavy atom. The summed E-state index contributed by atoms with van der Waals surface area (Å²) in [4.78, 5) is 36.0. The Hall–Kier alpha value is -1.51. The van der Waals surface area contributed by atoms with Gasteiger partial charge in [0.25, 0.3) is 11.6 Å².